The second-order valence-corrected chi connectivity index (χ2v) is 7.82. The van der Waals surface area contributed by atoms with Crippen LogP contribution in [0.5, 0.6) is 5.75 Å². The third-order valence-corrected chi connectivity index (χ3v) is 6.28. The molecule has 0 bridgehead atoms. The molecule has 2 N–H and O–H groups in total. The molecular weight excluding hydrogens is 324 g/mol. The van der Waals surface area contributed by atoms with E-state index in [0.29, 0.717) is 11.3 Å². The normalized spacial score (nSPS) is 22.0. The van der Waals surface area contributed by atoms with Crippen LogP contribution in [-0.2, 0) is 0 Å². The maximum atomic E-state index is 5.35. The molecule has 3 rings (SSSR count). The minimum absolute atomic E-state index is 0.508. The molecule has 26 heavy (non-hydrogen) atoms. The lowest BCUT2D eigenvalue weighted by Gasteiger charge is -2.41. The number of rotatable bonds is 7. The van der Waals surface area contributed by atoms with Crippen molar-refractivity contribution in [3.05, 3.63) is 24.3 Å². The van der Waals surface area contributed by atoms with Gasteiger partial charge in [-0.25, -0.2) is 0 Å². The molecule has 0 radical (unpaired) electrons. The van der Waals surface area contributed by atoms with E-state index in [1.165, 1.54) is 37.8 Å². The zero-order valence-electron chi connectivity index (χ0n) is 16.6. The van der Waals surface area contributed by atoms with Gasteiger partial charge in [0, 0.05) is 45.0 Å². The van der Waals surface area contributed by atoms with Crippen LogP contribution in [0, 0.1) is 11.3 Å². The van der Waals surface area contributed by atoms with Crippen LogP contribution in [-0.4, -0.2) is 46.3 Å². The largest absolute Gasteiger partial charge is 0.497 e. The molecule has 1 saturated carbocycles. The van der Waals surface area contributed by atoms with Crippen LogP contribution in [0.1, 0.15) is 39.0 Å². The first-order chi connectivity index (χ1) is 12.7. The first-order valence-electron chi connectivity index (χ1n) is 10.0. The Bertz CT molecular complexity index is 606. The Hall–Kier alpha value is -1.91. The van der Waals surface area contributed by atoms with E-state index in [-0.39, 0.29) is 0 Å². The van der Waals surface area contributed by atoms with E-state index in [4.69, 9.17) is 4.74 Å². The number of guanidine groups is 1. The second-order valence-electron chi connectivity index (χ2n) is 7.82. The van der Waals surface area contributed by atoms with Crippen molar-refractivity contribution in [3.63, 3.8) is 0 Å². The average Bonchev–Trinajstić information content (AvgIpc) is 3.12. The van der Waals surface area contributed by atoms with E-state index in [9.17, 15) is 0 Å². The van der Waals surface area contributed by atoms with Crippen molar-refractivity contribution >= 4 is 11.6 Å². The van der Waals surface area contributed by atoms with Gasteiger partial charge in [-0.15, -0.1) is 0 Å². The molecule has 2 fully saturated rings. The van der Waals surface area contributed by atoms with E-state index in [1.807, 2.05) is 13.1 Å². The van der Waals surface area contributed by atoms with E-state index < -0.39 is 0 Å². The summed E-state index contributed by atoms with van der Waals surface area (Å²) in [5.41, 5.74) is 1.76. The van der Waals surface area contributed by atoms with Crippen molar-refractivity contribution in [2.24, 2.45) is 16.3 Å². The van der Waals surface area contributed by atoms with Gasteiger partial charge in [0.15, 0.2) is 5.96 Å². The monoisotopic (exact) mass is 358 g/mol. The van der Waals surface area contributed by atoms with Gasteiger partial charge >= 0.3 is 0 Å². The maximum Gasteiger partial charge on any atom is 0.191 e. The molecule has 1 saturated heterocycles. The predicted octanol–water partition coefficient (Wildman–Crippen LogP) is 3.27. The molecule has 1 aromatic rings. The van der Waals surface area contributed by atoms with Gasteiger partial charge < -0.3 is 20.3 Å². The Morgan fingerprint density at radius 3 is 2.85 bits per heavy atom. The zero-order valence-corrected chi connectivity index (χ0v) is 16.6. The number of benzene rings is 1. The quantitative estimate of drug-likeness (QED) is 0.580. The van der Waals surface area contributed by atoms with Gasteiger partial charge in [-0.05, 0) is 49.1 Å². The predicted molar refractivity (Wildman–Crippen MR) is 109 cm³/mol. The summed E-state index contributed by atoms with van der Waals surface area (Å²) < 4.78 is 5.35. The van der Waals surface area contributed by atoms with Gasteiger partial charge in [-0.3, -0.25) is 4.99 Å². The highest BCUT2D eigenvalue weighted by Gasteiger charge is 2.35. The van der Waals surface area contributed by atoms with Crippen molar-refractivity contribution in [2.45, 2.75) is 39.0 Å². The first-order valence-corrected chi connectivity index (χ1v) is 10.0. The number of anilines is 1. The van der Waals surface area contributed by atoms with E-state index >= 15 is 0 Å². The maximum absolute atomic E-state index is 5.35. The molecular formula is C21H34N4O. The molecule has 1 heterocycles. The van der Waals surface area contributed by atoms with Gasteiger partial charge in [0.05, 0.1) is 7.11 Å². The SMILES string of the molecule is CCC1(CNC(=NC)NCC2CCN(c3cccc(OC)c3)C2)CCC1. The van der Waals surface area contributed by atoms with Crippen LogP contribution in [0.4, 0.5) is 5.69 Å². The second kappa shape index (κ2) is 8.65. The highest BCUT2D eigenvalue weighted by molar-refractivity contribution is 5.79. The van der Waals surface area contributed by atoms with Crippen LogP contribution >= 0.6 is 0 Å². The van der Waals surface area contributed by atoms with Crippen LogP contribution < -0.4 is 20.3 Å². The minimum Gasteiger partial charge on any atom is -0.497 e. The standard InChI is InChI=1S/C21H34N4O/c1-4-21(10-6-11-21)16-24-20(22-2)23-14-17-9-12-25(15-17)18-7-5-8-19(13-18)26-3/h5,7-8,13,17H,4,6,9-12,14-16H2,1-3H3,(H2,22,23,24). The fourth-order valence-electron chi connectivity index (χ4n) is 4.11. The minimum atomic E-state index is 0.508. The molecule has 0 aromatic heterocycles. The summed E-state index contributed by atoms with van der Waals surface area (Å²) in [6.07, 6.45) is 6.55. The number of nitrogens with zero attached hydrogens (tertiary/aromatic N) is 2. The van der Waals surface area contributed by atoms with Crippen LogP contribution in [0.15, 0.2) is 29.3 Å². The third-order valence-electron chi connectivity index (χ3n) is 6.28. The number of methoxy groups -OCH3 is 1. The lowest BCUT2D eigenvalue weighted by atomic mass is 9.67. The molecule has 5 heteroatoms. The van der Waals surface area contributed by atoms with Gasteiger partial charge in [0.1, 0.15) is 5.75 Å². The molecule has 0 spiro atoms. The third kappa shape index (κ3) is 4.43. The summed E-state index contributed by atoms with van der Waals surface area (Å²) >= 11 is 0. The molecule has 5 nitrogen and oxygen atoms in total. The van der Waals surface area contributed by atoms with Crippen LogP contribution in [0.25, 0.3) is 0 Å². The lowest BCUT2D eigenvalue weighted by Crippen LogP contribution is -2.47. The van der Waals surface area contributed by atoms with Crippen LogP contribution in [0.2, 0.25) is 0 Å². The summed E-state index contributed by atoms with van der Waals surface area (Å²) in [6, 6.07) is 8.36. The molecule has 1 unspecified atom stereocenters. The van der Waals surface area contributed by atoms with Gasteiger partial charge in [-0.2, -0.15) is 0 Å². The number of nitrogens with one attached hydrogen (secondary N) is 2. The number of aliphatic imine (C=N–C) groups is 1. The van der Waals surface area contributed by atoms with Crippen molar-refractivity contribution < 1.29 is 4.74 Å². The fraction of sp³-hybridized carbons (Fsp3) is 0.667. The van der Waals surface area contributed by atoms with Crippen molar-refractivity contribution in [3.8, 4) is 5.75 Å². The summed E-state index contributed by atoms with van der Waals surface area (Å²) in [7, 11) is 3.59. The Balaban J connectivity index is 1.44. The Labute approximate surface area is 158 Å². The summed E-state index contributed by atoms with van der Waals surface area (Å²) in [5.74, 6) is 2.52. The molecule has 1 atom stereocenters. The fourth-order valence-corrected chi connectivity index (χ4v) is 4.11. The Morgan fingerprint density at radius 1 is 1.35 bits per heavy atom. The van der Waals surface area contributed by atoms with Crippen molar-refractivity contribution in [1.82, 2.24) is 10.6 Å². The van der Waals surface area contributed by atoms with Crippen molar-refractivity contribution in [1.29, 1.82) is 0 Å². The highest BCUT2D eigenvalue weighted by atomic mass is 16.5. The molecule has 0 amide bonds. The Kier molecular flexibility index (Phi) is 6.28. The van der Waals surface area contributed by atoms with Gasteiger partial charge in [0.2, 0.25) is 0 Å². The number of hydrogen-bond acceptors (Lipinski definition) is 3. The van der Waals surface area contributed by atoms with E-state index in [0.717, 1.165) is 37.9 Å². The molecule has 1 aliphatic heterocycles. The summed E-state index contributed by atoms with van der Waals surface area (Å²) in [5, 5.41) is 7.09. The Morgan fingerprint density at radius 2 is 2.19 bits per heavy atom. The molecule has 144 valence electrons. The van der Waals surface area contributed by atoms with Crippen molar-refractivity contribution in [2.75, 3.05) is 45.2 Å². The average molecular weight is 359 g/mol. The van der Waals surface area contributed by atoms with Crippen LogP contribution in [0.3, 0.4) is 0 Å². The topological polar surface area (TPSA) is 48.9 Å². The molecule has 1 aromatic carbocycles. The zero-order chi connectivity index (χ0) is 18.4. The summed E-state index contributed by atoms with van der Waals surface area (Å²) in [6.45, 7) is 6.51. The van der Waals surface area contributed by atoms with Gasteiger partial charge in [-0.1, -0.05) is 19.4 Å². The molecule has 2 aliphatic rings. The van der Waals surface area contributed by atoms with E-state index in [2.05, 4.69) is 45.6 Å². The number of ether oxygens (including phenoxy) is 1. The lowest BCUT2D eigenvalue weighted by molar-refractivity contribution is 0.131. The first kappa shape index (κ1) is 18.9. The summed E-state index contributed by atoms with van der Waals surface area (Å²) in [4.78, 5) is 6.86. The van der Waals surface area contributed by atoms with E-state index in [1.54, 1.807) is 7.11 Å². The highest BCUT2D eigenvalue weighted by Crippen LogP contribution is 2.43. The van der Waals surface area contributed by atoms with Gasteiger partial charge in [0.25, 0.3) is 0 Å². The smallest absolute Gasteiger partial charge is 0.191 e. The molecule has 1 aliphatic carbocycles. The number of hydrogen-bond donors (Lipinski definition) is 2.